The van der Waals surface area contributed by atoms with Crippen molar-refractivity contribution in [3.05, 3.63) is 28.1 Å². The molecule has 0 saturated carbocycles. The van der Waals surface area contributed by atoms with E-state index in [4.69, 9.17) is 4.74 Å². The largest absolute Gasteiger partial charge is 0.469 e. The lowest BCUT2D eigenvalue weighted by Gasteiger charge is -2.32. The van der Waals surface area contributed by atoms with Gasteiger partial charge in [-0.1, -0.05) is 0 Å². The molecule has 21 heavy (non-hydrogen) atoms. The van der Waals surface area contributed by atoms with E-state index < -0.39 is 0 Å². The first-order valence-electron chi connectivity index (χ1n) is 6.92. The third-order valence-electron chi connectivity index (χ3n) is 3.83. The first-order valence-corrected chi connectivity index (χ1v) is 8.00. The van der Waals surface area contributed by atoms with E-state index in [1.54, 1.807) is 6.33 Å². The number of rotatable bonds is 2. The lowest BCUT2D eigenvalue weighted by atomic mass is 9.98. The fraction of sp³-hybridized carbons (Fsp3) is 0.400. The third-order valence-corrected chi connectivity index (χ3v) is 4.50. The monoisotopic (exact) mass is 397 g/mol. The number of hydrogen-bond acceptors (Lipinski definition) is 5. The van der Waals surface area contributed by atoms with Gasteiger partial charge >= 0.3 is 5.97 Å². The molecule has 3 rings (SSSR count). The Balaban J connectivity index is 1.96. The van der Waals surface area contributed by atoms with Crippen LogP contribution in [0.5, 0.6) is 0 Å². The van der Waals surface area contributed by atoms with Crippen LogP contribution in [-0.4, -0.2) is 36.1 Å². The van der Waals surface area contributed by atoms with Crippen LogP contribution in [0.3, 0.4) is 0 Å². The molecule has 1 aliphatic heterocycles. The summed E-state index contributed by atoms with van der Waals surface area (Å²) in [6.45, 7) is 1.56. The Hall–Kier alpha value is -1.44. The van der Waals surface area contributed by atoms with Gasteiger partial charge in [-0.2, -0.15) is 0 Å². The Morgan fingerprint density at radius 3 is 3.10 bits per heavy atom. The Labute approximate surface area is 136 Å². The van der Waals surface area contributed by atoms with E-state index in [0.29, 0.717) is 6.54 Å². The molecule has 0 radical (unpaired) electrons. The number of esters is 1. The zero-order valence-electron chi connectivity index (χ0n) is 11.8. The summed E-state index contributed by atoms with van der Waals surface area (Å²) in [6.07, 6.45) is 3.44. The van der Waals surface area contributed by atoms with Crippen LogP contribution in [-0.2, 0) is 9.53 Å². The van der Waals surface area contributed by atoms with Crippen molar-refractivity contribution in [1.82, 2.24) is 9.97 Å². The highest BCUT2D eigenvalue weighted by Crippen LogP contribution is 2.28. The number of aromatic nitrogens is 2. The number of methoxy groups -OCH3 is 1. The topological polar surface area (TPSA) is 55.3 Å². The van der Waals surface area contributed by atoms with Gasteiger partial charge in [0.2, 0.25) is 0 Å². The van der Waals surface area contributed by atoms with E-state index in [1.165, 1.54) is 7.11 Å². The lowest BCUT2D eigenvalue weighted by molar-refractivity contribution is -0.145. The summed E-state index contributed by atoms with van der Waals surface area (Å²) in [6, 6.07) is 6.13. The fourth-order valence-corrected chi connectivity index (χ4v) is 3.29. The van der Waals surface area contributed by atoms with E-state index >= 15 is 0 Å². The summed E-state index contributed by atoms with van der Waals surface area (Å²) in [5.41, 5.74) is 0.931. The van der Waals surface area contributed by atoms with Crippen molar-refractivity contribution in [2.75, 3.05) is 25.1 Å². The van der Waals surface area contributed by atoms with Crippen molar-refractivity contribution in [3.8, 4) is 0 Å². The van der Waals surface area contributed by atoms with Crippen molar-refractivity contribution in [3.63, 3.8) is 0 Å². The van der Waals surface area contributed by atoms with Crippen LogP contribution in [0.1, 0.15) is 12.8 Å². The van der Waals surface area contributed by atoms with Gasteiger partial charge in [-0.25, -0.2) is 9.97 Å². The SMILES string of the molecule is COC(=O)C1CCCN(c2ncnc3ccc(I)cc23)C1. The van der Waals surface area contributed by atoms with Crippen molar-refractivity contribution in [2.45, 2.75) is 12.8 Å². The quantitative estimate of drug-likeness (QED) is 0.576. The molecule has 1 unspecified atom stereocenters. The number of carbonyl (C=O) groups is 1. The average molecular weight is 397 g/mol. The molecule has 0 bridgehead atoms. The molecule has 0 amide bonds. The predicted octanol–water partition coefficient (Wildman–Crippen LogP) is 2.62. The summed E-state index contributed by atoms with van der Waals surface area (Å²) in [5, 5.41) is 1.04. The number of halogens is 1. The molecule has 1 atom stereocenters. The maximum absolute atomic E-state index is 11.8. The number of ether oxygens (including phenoxy) is 1. The van der Waals surface area contributed by atoms with E-state index in [1.807, 2.05) is 12.1 Å². The normalized spacial score (nSPS) is 18.8. The maximum Gasteiger partial charge on any atom is 0.310 e. The molecular weight excluding hydrogens is 381 g/mol. The van der Waals surface area contributed by atoms with E-state index in [9.17, 15) is 4.79 Å². The summed E-state index contributed by atoms with van der Waals surface area (Å²) in [7, 11) is 1.45. The van der Waals surface area contributed by atoms with Gasteiger partial charge < -0.3 is 9.64 Å². The first-order chi connectivity index (χ1) is 10.2. The Bertz CT molecular complexity index is 677. The van der Waals surface area contributed by atoms with Crippen LogP contribution < -0.4 is 4.90 Å². The minimum absolute atomic E-state index is 0.0726. The van der Waals surface area contributed by atoms with Gasteiger partial charge in [0, 0.05) is 22.0 Å². The van der Waals surface area contributed by atoms with Gasteiger partial charge in [-0.15, -0.1) is 0 Å². The Kier molecular flexibility index (Phi) is 4.23. The smallest absolute Gasteiger partial charge is 0.310 e. The minimum Gasteiger partial charge on any atom is -0.469 e. The number of carbonyl (C=O) groups excluding carboxylic acids is 1. The molecule has 0 N–H and O–H groups in total. The van der Waals surface area contributed by atoms with Gasteiger partial charge in [0.05, 0.1) is 18.5 Å². The van der Waals surface area contributed by atoms with E-state index in [0.717, 1.165) is 39.7 Å². The zero-order chi connectivity index (χ0) is 14.8. The Morgan fingerprint density at radius 1 is 1.43 bits per heavy atom. The molecule has 6 heteroatoms. The molecule has 1 saturated heterocycles. The van der Waals surface area contributed by atoms with Crippen molar-refractivity contribution in [1.29, 1.82) is 0 Å². The average Bonchev–Trinajstić information content (AvgIpc) is 2.53. The predicted molar refractivity (Wildman–Crippen MR) is 89.2 cm³/mol. The molecule has 1 aliphatic rings. The molecule has 5 nitrogen and oxygen atoms in total. The van der Waals surface area contributed by atoms with Crippen molar-refractivity contribution < 1.29 is 9.53 Å². The maximum atomic E-state index is 11.8. The van der Waals surface area contributed by atoms with Gasteiger partial charge in [0.1, 0.15) is 12.1 Å². The summed E-state index contributed by atoms with van der Waals surface area (Å²) < 4.78 is 6.03. The first kappa shape index (κ1) is 14.5. The molecule has 1 aromatic carbocycles. The molecule has 2 heterocycles. The number of benzene rings is 1. The minimum atomic E-state index is -0.132. The van der Waals surface area contributed by atoms with Gasteiger partial charge in [0.15, 0.2) is 0 Å². The number of anilines is 1. The number of hydrogen-bond donors (Lipinski definition) is 0. The highest BCUT2D eigenvalue weighted by atomic mass is 127. The van der Waals surface area contributed by atoms with Crippen LogP contribution >= 0.6 is 22.6 Å². The van der Waals surface area contributed by atoms with E-state index in [-0.39, 0.29) is 11.9 Å². The van der Waals surface area contributed by atoms with Gasteiger partial charge in [0.25, 0.3) is 0 Å². The van der Waals surface area contributed by atoms with Crippen molar-refractivity contribution in [2.24, 2.45) is 5.92 Å². The number of fused-ring (bicyclic) bond motifs is 1. The summed E-state index contributed by atoms with van der Waals surface area (Å²) in [5.74, 6) is 0.705. The molecule has 110 valence electrons. The number of piperidine rings is 1. The molecule has 0 spiro atoms. The van der Waals surface area contributed by atoms with Gasteiger partial charge in [-0.3, -0.25) is 4.79 Å². The standard InChI is InChI=1S/C15H16IN3O2/c1-21-15(20)10-3-2-6-19(8-10)14-12-7-11(16)4-5-13(12)17-9-18-14/h4-5,7,9-10H,2-3,6,8H2,1H3. The van der Waals surface area contributed by atoms with Crippen LogP contribution in [0, 0.1) is 9.49 Å². The highest BCUT2D eigenvalue weighted by Gasteiger charge is 2.28. The second-order valence-corrected chi connectivity index (χ2v) is 6.41. The molecule has 2 aromatic rings. The van der Waals surface area contributed by atoms with Gasteiger partial charge in [-0.05, 0) is 53.6 Å². The second-order valence-electron chi connectivity index (χ2n) is 5.17. The lowest BCUT2D eigenvalue weighted by Crippen LogP contribution is -2.39. The van der Waals surface area contributed by atoms with Crippen molar-refractivity contribution >= 4 is 45.3 Å². The third kappa shape index (κ3) is 2.95. The van der Waals surface area contributed by atoms with Crippen LogP contribution in [0.25, 0.3) is 10.9 Å². The second kappa shape index (κ2) is 6.13. The fourth-order valence-electron chi connectivity index (χ4n) is 2.80. The summed E-state index contributed by atoms with van der Waals surface area (Å²) >= 11 is 2.29. The zero-order valence-corrected chi connectivity index (χ0v) is 13.9. The molecule has 0 aliphatic carbocycles. The van der Waals surface area contributed by atoms with E-state index in [2.05, 4.69) is 43.5 Å². The van der Waals surface area contributed by atoms with Crippen LogP contribution in [0.2, 0.25) is 0 Å². The van der Waals surface area contributed by atoms with Crippen LogP contribution in [0.4, 0.5) is 5.82 Å². The molecule has 1 aromatic heterocycles. The number of nitrogens with zero attached hydrogens (tertiary/aromatic N) is 3. The molecular formula is C15H16IN3O2. The summed E-state index contributed by atoms with van der Waals surface area (Å²) in [4.78, 5) is 22.7. The molecule has 1 fully saturated rings. The Morgan fingerprint density at radius 2 is 2.29 bits per heavy atom. The highest BCUT2D eigenvalue weighted by molar-refractivity contribution is 14.1. The van der Waals surface area contributed by atoms with Crippen LogP contribution in [0.15, 0.2) is 24.5 Å².